The molecule has 1 atom stereocenters. The molecule has 0 heterocycles. The Bertz CT molecular complexity index is 1210. The smallest absolute Gasteiger partial charge is 0.307 e. The molecule has 0 aliphatic rings. The second-order valence-corrected chi connectivity index (χ2v) is 7.48. The number of anilines is 1. The van der Waals surface area contributed by atoms with E-state index in [0.29, 0.717) is 11.1 Å². The first kappa shape index (κ1) is 24.2. The van der Waals surface area contributed by atoms with Crippen molar-refractivity contribution in [3.8, 4) is 0 Å². The molecule has 3 rings (SSSR count). The third-order valence-corrected chi connectivity index (χ3v) is 4.92. The third-order valence-electron chi connectivity index (χ3n) is 4.92. The highest BCUT2D eigenvalue weighted by molar-refractivity contribution is 5.99. The summed E-state index contributed by atoms with van der Waals surface area (Å²) >= 11 is 0. The van der Waals surface area contributed by atoms with Crippen LogP contribution in [0.3, 0.4) is 0 Å². The molecule has 174 valence electrons. The largest absolute Gasteiger partial charge is 0.447 e. The fraction of sp³-hybridized carbons (Fsp3) is 0.160. The van der Waals surface area contributed by atoms with Crippen molar-refractivity contribution in [2.75, 3.05) is 5.32 Å². The predicted octanol–water partition coefficient (Wildman–Crippen LogP) is 4.93. The Hall–Kier alpha value is -4.40. The fourth-order valence-corrected chi connectivity index (χ4v) is 3.18. The molecule has 9 heteroatoms. The van der Waals surface area contributed by atoms with Gasteiger partial charge in [-0.25, -0.2) is 4.39 Å². The number of nitro groups is 1. The monoisotopic (exact) mass is 464 g/mol. The number of ketones is 1. The molecule has 0 fully saturated rings. The van der Waals surface area contributed by atoms with Crippen LogP contribution in [-0.4, -0.2) is 22.6 Å². The Morgan fingerprint density at radius 1 is 1.00 bits per heavy atom. The lowest BCUT2D eigenvalue weighted by Crippen LogP contribution is -2.26. The first-order chi connectivity index (χ1) is 16.2. The maximum atomic E-state index is 13.0. The number of nitrogens with zero attached hydrogens (tertiary/aromatic N) is 1. The number of carbonyl (C=O) groups excluding carboxylic acids is 3. The number of hydrogen-bond acceptors (Lipinski definition) is 6. The van der Waals surface area contributed by atoms with Crippen LogP contribution in [0.1, 0.15) is 40.4 Å². The summed E-state index contributed by atoms with van der Waals surface area (Å²) in [6, 6.07) is 17.4. The van der Waals surface area contributed by atoms with Crippen molar-refractivity contribution in [2.24, 2.45) is 0 Å². The van der Waals surface area contributed by atoms with Crippen molar-refractivity contribution in [1.29, 1.82) is 0 Å². The third kappa shape index (κ3) is 6.32. The van der Waals surface area contributed by atoms with E-state index in [1.54, 1.807) is 43.3 Å². The van der Waals surface area contributed by atoms with Gasteiger partial charge in [-0.15, -0.1) is 0 Å². The molecule has 0 aliphatic carbocycles. The highest BCUT2D eigenvalue weighted by atomic mass is 19.1. The van der Waals surface area contributed by atoms with Crippen LogP contribution < -0.4 is 5.32 Å². The lowest BCUT2D eigenvalue weighted by molar-refractivity contribution is -0.384. The molecule has 0 spiro atoms. The van der Waals surface area contributed by atoms with Gasteiger partial charge in [-0.2, -0.15) is 0 Å². The van der Waals surface area contributed by atoms with E-state index in [0.717, 1.165) is 12.1 Å². The topological polar surface area (TPSA) is 116 Å². The van der Waals surface area contributed by atoms with Crippen LogP contribution in [0, 0.1) is 22.9 Å². The van der Waals surface area contributed by atoms with Crippen LogP contribution >= 0.6 is 0 Å². The SMILES string of the molecule is Cc1ccc(NC(=O)[C@@H](OC(=O)CCC(=O)c2ccc(F)cc2)c2ccccc2)c([N+](=O)[O-])c1. The van der Waals surface area contributed by atoms with Crippen LogP contribution in [0.4, 0.5) is 15.8 Å². The maximum absolute atomic E-state index is 13.0. The molecule has 0 unspecified atom stereocenters. The summed E-state index contributed by atoms with van der Waals surface area (Å²) in [5, 5.41) is 13.8. The van der Waals surface area contributed by atoms with Gasteiger partial charge in [0.2, 0.25) is 6.10 Å². The van der Waals surface area contributed by atoms with Crippen molar-refractivity contribution in [3.05, 3.63) is 105 Å². The molecule has 0 saturated carbocycles. The summed E-state index contributed by atoms with van der Waals surface area (Å²) in [5.41, 5.74) is 0.910. The minimum Gasteiger partial charge on any atom is -0.447 e. The standard InChI is InChI=1S/C25H21FN2O6/c1-16-7-12-20(21(15-16)28(32)33)27-25(31)24(18-5-3-2-4-6-18)34-23(30)14-13-22(29)17-8-10-19(26)11-9-17/h2-12,15,24H,13-14H2,1H3,(H,27,31)/t24-/m0/s1. The molecule has 34 heavy (non-hydrogen) atoms. The molecule has 0 saturated heterocycles. The number of hydrogen-bond donors (Lipinski definition) is 1. The molecule has 0 aliphatic heterocycles. The van der Waals surface area contributed by atoms with E-state index in [1.807, 2.05) is 0 Å². The van der Waals surface area contributed by atoms with E-state index in [2.05, 4.69) is 5.32 Å². The number of halogens is 1. The fourth-order valence-electron chi connectivity index (χ4n) is 3.18. The summed E-state index contributed by atoms with van der Waals surface area (Å²) in [7, 11) is 0. The molecule has 3 aromatic carbocycles. The first-order valence-electron chi connectivity index (χ1n) is 10.3. The van der Waals surface area contributed by atoms with Gasteiger partial charge in [-0.05, 0) is 42.8 Å². The zero-order valence-electron chi connectivity index (χ0n) is 18.2. The number of amides is 1. The molecule has 8 nitrogen and oxygen atoms in total. The summed E-state index contributed by atoms with van der Waals surface area (Å²) < 4.78 is 18.4. The molecule has 0 radical (unpaired) electrons. The Morgan fingerprint density at radius 2 is 1.68 bits per heavy atom. The number of benzene rings is 3. The lowest BCUT2D eigenvalue weighted by atomic mass is 10.1. The minimum absolute atomic E-state index is 0.0379. The Kier molecular flexibility index (Phi) is 7.81. The van der Waals surface area contributed by atoms with Gasteiger partial charge in [0.1, 0.15) is 11.5 Å². The highest BCUT2D eigenvalue weighted by Crippen LogP contribution is 2.28. The highest BCUT2D eigenvalue weighted by Gasteiger charge is 2.27. The van der Waals surface area contributed by atoms with E-state index in [-0.39, 0.29) is 35.6 Å². The number of nitrogens with one attached hydrogen (secondary N) is 1. The van der Waals surface area contributed by atoms with Gasteiger partial charge < -0.3 is 10.1 Å². The summed E-state index contributed by atoms with van der Waals surface area (Å²) in [6.07, 6.45) is -1.90. The van der Waals surface area contributed by atoms with Gasteiger partial charge >= 0.3 is 5.97 Å². The zero-order valence-corrected chi connectivity index (χ0v) is 18.2. The van der Waals surface area contributed by atoms with E-state index in [1.165, 1.54) is 24.3 Å². The molecule has 3 aromatic rings. The molecule has 1 N–H and O–H groups in total. The normalized spacial score (nSPS) is 11.4. The molecule has 0 bridgehead atoms. The number of ether oxygens (including phenoxy) is 1. The first-order valence-corrected chi connectivity index (χ1v) is 10.3. The second kappa shape index (κ2) is 11.0. The van der Waals surface area contributed by atoms with Crippen LogP contribution in [0.5, 0.6) is 0 Å². The number of Topliss-reactive ketones (excluding diaryl/α,β-unsaturated/α-hetero) is 1. The number of esters is 1. The summed E-state index contributed by atoms with van der Waals surface area (Å²) in [6.45, 7) is 1.68. The molecular weight excluding hydrogens is 443 g/mol. The van der Waals surface area contributed by atoms with Crippen LogP contribution in [0.25, 0.3) is 0 Å². The Labute approximate surface area is 194 Å². The molecule has 1 amide bonds. The minimum atomic E-state index is -1.39. The average Bonchev–Trinajstić information content (AvgIpc) is 2.83. The van der Waals surface area contributed by atoms with E-state index in [9.17, 15) is 28.9 Å². The van der Waals surface area contributed by atoms with Crippen molar-refractivity contribution in [2.45, 2.75) is 25.9 Å². The number of nitro benzene ring substituents is 1. The van der Waals surface area contributed by atoms with Crippen molar-refractivity contribution < 1.29 is 28.4 Å². The second-order valence-electron chi connectivity index (χ2n) is 7.48. The van der Waals surface area contributed by atoms with Crippen molar-refractivity contribution in [3.63, 3.8) is 0 Å². The van der Waals surface area contributed by atoms with E-state index in [4.69, 9.17) is 4.74 Å². The maximum Gasteiger partial charge on any atom is 0.307 e. The average molecular weight is 464 g/mol. The van der Waals surface area contributed by atoms with Crippen LogP contribution in [0.2, 0.25) is 0 Å². The predicted molar refractivity (Wildman–Crippen MR) is 122 cm³/mol. The van der Waals surface area contributed by atoms with Gasteiger partial charge in [0.05, 0.1) is 11.3 Å². The zero-order chi connectivity index (χ0) is 24.7. The van der Waals surface area contributed by atoms with E-state index < -0.39 is 28.7 Å². The summed E-state index contributed by atoms with van der Waals surface area (Å²) in [5.74, 6) is -2.45. The van der Waals surface area contributed by atoms with E-state index >= 15 is 0 Å². The number of rotatable bonds is 9. The van der Waals surface area contributed by atoms with Gasteiger partial charge in [0.15, 0.2) is 5.78 Å². The van der Waals surface area contributed by atoms with Gasteiger partial charge in [0, 0.05) is 23.6 Å². The lowest BCUT2D eigenvalue weighted by Gasteiger charge is -2.18. The van der Waals surface area contributed by atoms with Crippen LogP contribution in [0.15, 0.2) is 72.8 Å². The molecular formula is C25H21FN2O6. The number of aryl methyl sites for hydroxylation is 1. The van der Waals surface area contributed by atoms with Gasteiger partial charge in [0.25, 0.3) is 11.6 Å². The van der Waals surface area contributed by atoms with Gasteiger partial charge in [-0.3, -0.25) is 24.5 Å². The molecule has 0 aromatic heterocycles. The summed E-state index contributed by atoms with van der Waals surface area (Å²) in [4.78, 5) is 48.5. The Morgan fingerprint density at radius 3 is 2.32 bits per heavy atom. The Balaban J connectivity index is 1.73. The van der Waals surface area contributed by atoms with Crippen molar-refractivity contribution in [1.82, 2.24) is 0 Å². The van der Waals surface area contributed by atoms with Gasteiger partial charge in [-0.1, -0.05) is 36.4 Å². The quantitative estimate of drug-likeness (QED) is 0.208. The van der Waals surface area contributed by atoms with Crippen molar-refractivity contribution >= 4 is 29.0 Å². The van der Waals surface area contributed by atoms with Crippen LogP contribution in [-0.2, 0) is 14.3 Å². The number of carbonyl (C=O) groups is 3.